The minimum atomic E-state index is -1.94. The molecule has 0 bridgehead atoms. The standard InChI is InChI=1S/C27H28O16/c28-8-16-18(31)19(32)22(35)26(42-16)39-10-3-1-9(2-4-10)14-7-13(30)17-12(29)5-11(6-15(17)41-14)40-27-23(36)20(33)21(34)24(43-27)25(37)38/h1-7,16,18-24,26-29,31-36H,8H2,(H,37,38)/t16-,18-,19+,20+,21+,22-,23-,24+,26-,27-/m1/s1. The van der Waals surface area contributed by atoms with Crippen LogP contribution in [0.15, 0.2) is 51.7 Å². The smallest absolute Gasteiger partial charge is 0.335 e. The zero-order valence-electron chi connectivity index (χ0n) is 21.9. The third-order valence-electron chi connectivity index (χ3n) is 7.09. The van der Waals surface area contributed by atoms with Gasteiger partial charge in [-0.15, -0.1) is 0 Å². The Bertz CT molecular complexity index is 1520. The summed E-state index contributed by atoms with van der Waals surface area (Å²) in [6.45, 7) is -0.630. The molecule has 2 saturated heterocycles. The number of ether oxygens (including phenoxy) is 4. The number of fused-ring (bicyclic) bond motifs is 1. The van der Waals surface area contributed by atoms with E-state index in [-0.39, 0.29) is 28.2 Å². The third kappa shape index (κ3) is 5.87. The van der Waals surface area contributed by atoms with E-state index in [2.05, 4.69) is 0 Å². The summed E-state index contributed by atoms with van der Waals surface area (Å²) in [4.78, 5) is 24.2. The Hall–Kier alpha value is -3.84. The number of aliphatic carboxylic acids is 1. The molecule has 0 radical (unpaired) electrons. The number of benzene rings is 2. The summed E-state index contributed by atoms with van der Waals surface area (Å²) in [6.07, 6.45) is -16.8. The van der Waals surface area contributed by atoms with E-state index in [1.807, 2.05) is 0 Å². The van der Waals surface area contributed by atoms with E-state index in [9.17, 15) is 55.5 Å². The van der Waals surface area contributed by atoms with Gasteiger partial charge in [-0.2, -0.15) is 0 Å². The molecular weight excluding hydrogens is 580 g/mol. The van der Waals surface area contributed by atoms with Gasteiger partial charge in [0, 0.05) is 23.8 Å². The Labute approximate surface area is 240 Å². The number of carbonyl (C=O) groups is 1. The van der Waals surface area contributed by atoms with Gasteiger partial charge in [-0.25, -0.2) is 4.79 Å². The molecule has 0 spiro atoms. The van der Waals surface area contributed by atoms with E-state index < -0.39 is 85.2 Å². The molecule has 3 aromatic rings. The van der Waals surface area contributed by atoms with E-state index >= 15 is 0 Å². The number of phenols is 1. The Kier molecular flexibility index (Phi) is 8.57. The lowest BCUT2D eigenvalue weighted by Crippen LogP contribution is -2.61. The summed E-state index contributed by atoms with van der Waals surface area (Å²) < 4.78 is 27.2. The molecule has 2 aromatic carbocycles. The molecule has 5 rings (SSSR count). The van der Waals surface area contributed by atoms with E-state index in [0.717, 1.165) is 12.1 Å². The second kappa shape index (κ2) is 12.0. The van der Waals surface area contributed by atoms with E-state index in [4.69, 9.17) is 23.4 Å². The maximum atomic E-state index is 12.8. The van der Waals surface area contributed by atoms with Gasteiger partial charge in [0.2, 0.25) is 12.6 Å². The molecule has 16 heteroatoms. The van der Waals surface area contributed by atoms with Crippen LogP contribution in [0.5, 0.6) is 17.2 Å². The Morgan fingerprint density at radius 3 is 2.00 bits per heavy atom. The van der Waals surface area contributed by atoms with Gasteiger partial charge in [-0.3, -0.25) is 4.79 Å². The highest BCUT2D eigenvalue weighted by atomic mass is 16.7. The average molecular weight is 609 g/mol. The quantitative estimate of drug-likeness (QED) is 0.135. The first-order chi connectivity index (χ1) is 20.4. The molecule has 3 heterocycles. The van der Waals surface area contributed by atoms with Gasteiger partial charge in [0.05, 0.1) is 6.61 Å². The molecule has 0 saturated carbocycles. The molecule has 10 atom stereocenters. The zero-order chi connectivity index (χ0) is 31.2. The molecule has 2 fully saturated rings. The van der Waals surface area contributed by atoms with Gasteiger partial charge in [0.25, 0.3) is 0 Å². The highest BCUT2D eigenvalue weighted by Gasteiger charge is 2.48. The Morgan fingerprint density at radius 1 is 0.767 bits per heavy atom. The number of rotatable bonds is 7. The summed E-state index contributed by atoms with van der Waals surface area (Å²) in [6, 6.07) is 9.09. The van der Waals surface area contributed by atoms with Crippen LogP contribution < -0.4 is 14.9 Å². The first kappa shape index (κ1) is 30.6. The first-order valence-electron chi connectivity index (χ1n) is 12.9. The van der Waals surface area contributed by atoms with Crippen LogP contribution in [0, 0.1) is 0 Å². The Balaban J connectivity index is 1.38. The monoisotopic (exact) mass is 608 g/mol. The summed E-state index contributed by atoms with van der Waals surface area (Å²) in [5.74, 6) is -2.23. The molecule has 43 heavy (non-hydrogen) atoms. The van der Waals surface area contributed by atoms with Crippen molar-refractivity contribution in [3.05, 3.63) is 52.7 Å². The highest BCUT2D eigenvalue weighted by molar-refractivity contribution is 5.86. The maximum Gasteiger partial charge on any atom is 0.335 e. The second-order valence-electron chi connectivity index (χ2n) is 9.98. The van der Waals surface area contributed by atoms with Gasteiger partial charge < -0.3 is 69.3 Å². The molecule has 0 unspecified atom stereocenters. The van der Waals surface area contributed by atoms with Crippen LogP contribution in [0.3, 0.4) is 0 Å². The molecule has 2 aliphatic rings. The van der Waals surface area contributed by atoms with Gasteiger partial charge in [-0.1, -0.05) is 0 Å². The predicted molar refractivity (Wildman–Crippen MR) is 139 cm³/mol. The topological polar surface area (TPSA) is 266 Å². The largest absolute Gasteiger partial charge is 0.507 e. The molecule has 2 aliphatic heterocycles. The fourth-order valence-corrected chi connectivity index (χ4v) is 4.73. The van der Waals surface area contributed by atoms with Crippen LogP contribution in [0.2, 0.25) is 0 Å². The SMILES string of the molecule is O=C(O)[C@H]1O[C@@H](Oc2cc(O)c3c(=O)cc(-c4ccc(O[C@@H]5O[C@H](CO)[C@@H](O)[C@H](O)[C@H]5O)cc4)oc3c2)[C@H](O)[C@@H](O)[C@@H]1O. The average Bonchev–Trinajstić information content (AvgIpc) is 2.97. The van der Waals surface area contributed by atoms with E-state index in [1.54, 1.807) is 0 Å². The lowest BCUT2D eigenvalue weighted by Gasteiger charge is -2.39. The number of aliphatic hydroxyl groups is 7. The predicted octanol–water partition coefficient (Wildman–Crippen LogP) is -2.38. The fraction of sp³-hybridized carbons (Fsp3) is 0.407. The van der Waals surface area contributed by atoms with Crippen molar-refractivity contribution in [2.75, 3.05) is 6.61 Å². The van der Waals surface area contributed by atoms with Crippen LogP contribution >= 0.6 is 0 Å². The van der Waals surface area contributed by atoms with E-state index in [0.29, 0.717) is 5.56 Å². The first-order valence-corrected chi connectivity index (χ1v) is 12.9. The number of aromatic hydroxyl groups is 1. The number of aliphatic hydroxyl groups excluding tert-OH is 7. The molecule has 9 N–H and O–H groups in total. The summed E-state index contributed by atoms with van der Waals surface area (Å²) >= 11 is 0. The van der Waals surface area contributed by atoms with Crippen LogP contribution in [0.4, 0.5) is 0 Å². The summed E-state index contributed by atoms with van der Waals surface area (Å²) in [5, 5.41) is 89.0. The highest BCUT2D eigenvalue weighted by Crippen LogP contribution is 2.34. The third-order valence-corrected chi connectivity index (χ3v) is 7.09. The number of phenolic OH excluding ortho intramolecular Hbond substituents is 1. The van der Waals surface area contributed by atoms with Gasteiger partial charge in [0.15, 0.2) is 11.5 Å². The number of carboxylic acids is 1. The van der Waals surface area contributed by atoms with Gasteiger partial charge in [-0.05, 0) is 24.3 Å². The molecule has 1 aromatic heterocycles. The van der Waals surface area contributed by atoms with Crippen molar-refractivity contribution in [1.82, 2.24) is 0 Å². The minimum Gasteiger partial charge on any atom is -0.507 e. The summed E-state index contributed by atoms with van der Waals surface area (Å²) in [7, 11) is 0. The lowest BCUT2D eigenvalue weighted by atomic mass is 9.99. The van der Waals surface area contributed by atoms with Crippen LogP contribution in [0.1, 0.15) is 0 Å². The summed E-state index contributed by atoms with van der Waals surface area (Å²) in [5.41, 5.74) is -0.446. The normalized spacial score (nSPS) is 32.8. The maximum absolute atomic E-state index is 12.8. The fourth-order valence-electron chi connectivity index (χ4n) is 4.73. The van der Waals surface area contributed by atoms with Crippen molar-refractivity contribution in [2.24, 2.45) is 0 Å². The van der Waals surface area contributed by atoms with Crippen molar-refractivity contribution >= 4 is 16.9 Å². The van der Waals surface area contributed by atoms with Crippen molar-refractivity contribution in [2.45, 2.75) is 61.4 Å². The van der Waals surface area contributed by atoms with E-state index in [1.165, 1.54) is 30.3 Å². The Morgan fingerprint density at radius 2 is 1.37 bits per heavy atom. The lowest BCUT2D eigenvalue weighted by molar-refractivity contribution is -0.277. The van der Waals surface area contributed by atoms with Crippen LogP contribution in [-0.4, -0.2) is 120 Å². The van der Waals surface area contributed by atoms with Crippen LogP contribution in [0.25, 0.3) is 22.3 Å². The zero-order valence-corrected chi connectivity index (χ0v) is 21.9. The van der Waals surface area contributed by atoms with Crippen molar-refractivity contribution in [3.8, 4) is 28.6 Å². The second-order valence-corrected chi connectivity index (χ2v) is 9.98. The van der Waals surface area contributed by atoms with Gasteiger partial charge in [0.1, 0.15) is 76.7 Å². The molecule has 232 valence electrons. The number of hydrogen-bond acceptors (Lipinski definition) is 15. The minimum absolute atomic E-state index is 0.0341. The molecule has 0 amide bonds. The van der Waals surface area contributed by atoms with Crippen molar-refractivity contribution in [3.63, 3.8) is 0 Å². The molecule has 16 nitrogen and oxygen atoms in total. The number of hydrogen-bond donors (Lipinski definition) is 9. The van der Waals surface area contributed by atoms with Crippen molar-refractivity contribution in [1.29, 1.82) is 0 Å². The van der Waals surface area contributed by atoms with Crippen LogP contribution in [-0.2, 0) is 14.3 Å². The molecule has 0 aliphatic carbocycles. The van der Waals surface area contributed by atoms with Gasteiger partial charge >= 0.3 is 5.97 Å². The van der Waals surface area contributed by atoms with Crippen molar-refractivity contribution < 1.29 is 74.1 Å². The molecular formula is C27H28O16. The number of carboxylic acid groups (broad SMARTS) is 1.